The number of rotatable bonds is 1. The van der Waals surface area contributed by atoms with Crippen LogP contribution in [0.2, 0.25) is 0 Å². The molecular formula is C14H18O. The largest absolute Gasteiger partial charge is 0.300 e. The topological polar surface area (TPSA) is 17.1 Å². The van der Waals surface area contributed by atoms with Crippen LogP contribution in [0.5, 0.6) is 0 Å². The lowest BCUT2D eigenvalue weighted by molar-refractivity contribution is -0.120. The first kappa shape index (κ1) is 10.4. The van der Waals surface area contributed by atoms with Crippen molar-refractivity contribution in [1.29, 1.82) is 0 Å². The summed E-state index contributed by atoms with van der Waals surface area (Å²) in [6.45, 7) is 4.31. The average molecular weight is 202 g/mol. The van der Waals surface area contributed by atoms with Gasteiger partial charge in [0.05, 0.1) is 0 Å². The van der Waals surface area contributed by atoms with Gasteiger partial charge in [0.2, 0.25) is 0 Å². The second-order valence-electron chi connectivity index (χ2n) is 4.64. The summed E-state index contributed by atoms with van der Waals surface area (Å²) in [7, 11) is 0. The monoisotopic (exact) mass is 202 g/mol. The smallest absolute Gasteiger partial charge is 0.133 e. The van der Waals surface area contributed by atoms with E-state index in [4.69, 9.17) is 0 Å². The fraction of sp³-hybridized carbons (Fsp3) is 0.500. The van der Waals surface area contributed by atoms with Crippen LogP contribution in [0.4, 0.5) is 0 Å². The van der Waals surface area contributed by atoms with Crippen LogP contribution in [0.25, 0.3) is 0 Å². The summed E-state index contributed by atoms with van der Waals surface area (Å²) in [6.07, 6.45) is 3.79. The molecule has 0 N–H and O–H groups in total. The zero-order chi connectivity index (χ0) is 10.8. The van der Waals surface area contributed by atoms with E-state index in [1.54, 1.807) is 0 Å². The molecule has 1 nitrogen and oxygen atoms in total. The van der Waals surface area contributed by atoms with Crippen LogP contribution in [0.1, 0.15) is 48.3 Å². The summed E-state index contributed by atoms with van der Waals surface area (Å²) in [5.41, 5.74) is 4.11. The van der Waals surface area contributed by atoms with Gasteiger partial charge in [-0.25, -0.2) is 0 Å². The zero-order valence-electron chi connectivity index (χ0n) is 9.55. The van der Waals surface area contributed by atoms with Crippen molar-refractivity contribution in [3.63, 3.8) is 0 Å². The highest BCUT2D eigenvalue weighted by Gasteiger charge is 2.23. The molecule has 2 rings (SSSR count). The molecule has 0 unspecified atom stereocenters. The van der Waals surface area contributed by atoms with E-state index in [0.29, 0.717) is 11.7 Å². The van der Waals surface area contributed by atoms with Gasteiger partial charge in [0, 0.05) is 12.8 Å². The van der Waals surface area contributed by atoms with E-state index in [1.165, 1.54) is 23.1 Å². The quantitative estimate of drug-likeness (QED) is 0.681. The van der Waals surface area contributed by atoms with E-state index >= 15 is 0 Å². The van der Waals surface area contributed by atoms with Crippen LogP contribution in [-0.4, -0.2) is 5.78 Å². The van der Waals surface area contributed by atoms with Crippen LogP contribution in [-0.2, 0) is 4.79 Å². The highest BCUT2D eigenvalue weighted by atomic mass is 16.1. The Kier molecular flexibility index (Phi) is 2.90. The Bertz CT molecular complexity index is 359. The Morgan fingerprint density at radius 1 is 1.20 bits per heavy atom. The van der Waals surface area contributed by atoms with E-state index in [-0.39, 0.29) is 0 Å². The molecule has 0 heterocycles. The lowest BCUT2D eigenvalue weighted by atomic mass is 9.80. The molecule has 0 aromatic heterocycles. The normalized spacial score (nSPS) is 21.7. The van der Waals surface area contributed by atoms with Crippen LogP contribution in [0.3, 0.4) is 0 Å². The highest BCUT2D eigenvalue weighted by Crippen LogP contribution is 2.34. The van der Waals surface area contributed by atoms with Gasteiger partial charge in [0.25, 0.3) is 0 Å². The summed E-state index contributed by atoms with van der Waals surface area (Å²) in [5.74, 6) is 0.918. The molecule has 1 atom stereocenters. The van der Waals surface area contributed by atoms with Gasteiger partial charge in [0.1, 0.15) is 5.78 Å². The van der Waals surface area contributed by atoms with Gasteiger partial charge < -0.3 is 0 Å². The second kappa shape index (κ2) is 4.18. The molecule has 0 amide bonds. The third-order valence-corrected chi connectivity index (χ3v) is 3.43. The van der Waals surface area contributed by atoms with Gasteiger partial charge in [-0.3, -0.25) is 4.79 Å². The SMILES string of the molecule is Cc1cccc(C)c1[C@H]1CCCC(=O)C1. The van der Waals surface area contributed by atoms with E-state index in [9.17, 15) is 4.79 Å². The number of benzene rings is 1. The summed E-state index contributed by atoms with van der Waals surface area (Å²) < 4.78 is 0. The van der Waals surface area contributed by atoms with Crippen molar-refractivity contribution in [2.45, 2.75) is 45.4 Å². The Morgan fingerprint density at radius 3 is 2.47 bits per heavy atom. The van der Waals surface area contributed by atoms with E-state index in [1.807, 2.05) is 0 Å². The van der Waals surface area contributed by atoms with Crippen molar-refractivity contribution >= 4 is 5.78 Å². The molecule has 0 radical (unpaired) electrons. The third-order valence-electron chi connectivity index (χ3n) is 3.43. The Morgan fingerprint density at radius 2 is 1.87 bits per heavy atom. The third kappa shape index (κ3) is 2.11. The number of carbonyl (C=O) groups excluding carboxylic acids is 1. The predicted molar refractivity (Wildman–Crippen MR) is 62.1 cm³/mol. The van der Waals surface area contributed by atoms with Crippen LogP contribution >= 0.6 is 0 Å². The maximum absolute atomic E-state index is 11.5. The maximum Gasteiger partial charge on any atom is 0.133 e. The van der Waals surface area contributed by atoms with Crippen molar-refractivity contribution in [1.82, 2.24) is 0 Å². The van der Waals surface area contributed by atoms with Crippen molar-refractivity contribution in [3.05, 3.63) is 34.9 Å². The molecule has 1 heteroatoms. The first-order chi connectivity index (χ1) is 7.18. The summed E-state index contributed by atoms with van der Waals surface area (Å²) in [5, 5.41) is 0. The second-order valence-corrected chi connectivity index (χ2v) is 4.64. The standard InChI is InChI=1S/C14H18O/c1-10-5-3-6-11(2)14(10)12-7-4-8-13(15)9-12/h3,5-6,12H,4,7-9H2,1-2H3/t12-/m0/s1. The van der Waals surface area contributed by atoms with Gasteiger partial charge in [-0.2, -0.15) is 0 Å². The first-order valence-electron chi connectivity index (χ1n) is 5.76. The summed E-state index contributed by atoms with van der Waals surface area (Å²) in [6, 6.07) is 6.40. The molecule has 1 aliphatic carbocycles. The molecule has 80 valence electrons. The number of hydrogen-bond donors (Lipinski definition) is 0. The van der Waals surface area contributed by atoms with E-state index < -0.39 is 0 Å². The minimum absolute atomic E-state index is 0.439. The molecule has 1 aliphatic rings. The molecule has 15 heavy (non-hydrogen) atoms. The van der Waals surface area contributed by atoms with Gasteiger partial charge in [0.15, 0.2) is 0 Å². The minimum Gasteiger partial charge on any atom is -0.300 e. The van der Waals surface area contributed by atoms with Crippen LogP contribution in [0, 0.1) is 13.8 Å². The number of hydrogen-bond acceptors (Lipinski definition) is 1. The maximum atomic E-state index is 11.5. The number of ketones is 1. The molecule has 1 aromatic rings. The molecule has 1 aromatic carbocycles. The van der Waals surface area contributed by atoms with Crippen molar-refractivity contribution in [2.75, 3.05) is 0 Å². The van der Waals surface area contributed by atoms with Crippen molar-refractivity contribution < 1.29 is 4.79 Å². The Hall–Kier alpha value is -1.11. The van der Waals surface area contributed by atoms with Crippen molar-refractivity contribution in [3.8, 4) is 0 Å². The average Bonchev–Trinajstić information content (AvgIpc) is 2.17. The Balaban J connectivity index is 2.32. The molecule has 0 saturated heterocycles. The van der Waals surface area contributed by atoms with E-state index in [0.717, 1.165) is 19.3 Å². The summed E-state index contributed by atoms with van der Waals surface area (Å²) in [4.78, 5) is 11.5. The molecule has 1 saturated carbocycles. The molecule has 0 spiro atoms. The lowest BCUT2D eigenvalue weighted by Gasteiger charge is -2.24. The number of aryl methyl sites for hydroxylation is 2. The molecule has 0 aliphatic heterocycles. The minimum atomic E-state index is 0.439. The fourth-order valence-corrected chi connectivity index (χ4v) is 2.74. The lowest BCUT2D eigenvalue weighted by Crippen LogP contribution is -2.15. The molecule has 0 bridgehead atoms. The zero-order valence-corrected chi connectivity index (χ0v) is 9.55. The fourth-order valence-electron chi connectivity index (χ4n) is 2.74. The van der Waals surface area contributed by atoms with E-state index in [2.05, 4.69) is 32.0 Å². The van der Waals surface area contributed by atoms with Crippen LogP contribution < -0.4 is 0 Å². The number of carbonyl (C=O) groups is 1. The number of Topliss-reactive ketones (excluding diaryl/α,β-unsaturated/α-hetero) is 1. The highest BCUT2D eigenvalue weighted by molar-refractivity contribution is 5.80. The van der Waals surface area contributed by atoms with Crippen LogP contribution in [0.15, 0.2) is 18.2 Å². The molecule has 1 fully saturated rings. The first-order valence-corrected chi connectivity index (χ1v) is 5.76. The van der Waals surface area contributed by atoms with Gasteiger partial charge >= 0.3 is 0 Å². The van der Waals surface area contributed by atoms with Gasteiger partial charge in [-0.15, -0.1) is 0 Å². The molecular weight excluding hydrogens is 184 g/mol. The van der Waals surface area contributed by atoms with Crippen molar-refractivity contribution in [2.24, 2.45) is 0 Å². The Labute approximate surface area is 91.5 Å². The predicted octanol–water partition coefficient (Wildman–Crippen LogP) is 3.53. The van der Waals surface area contributed by atoms with Gasteiger partial charge in [-0.05, 0) is 49.3 Å². The van der Waals surface area contributed by atoms with Gasteiger partial charge in [-0.1, -0.05) is 18.2 Å². The summed E-state index contributed by atoms with van der Waals surface area (Å²) >= 11 is 0.